The monoisotopic (exact) mass is 499 g/mol. The van der Waals surface area contributed by atoms with E-state index in [9.17, 15) is 13.2 Å². The van der Waals surface area contributed by atoms with Crippen LogP contribution in [0.1, 0.15) is 29.7 Å². The highest BCUT2D eigenvalue weighted by molar-refractivity contribution is 7.99. The van der Waals surface area contributed by atoms with Gasteiger partial charge in [0.15, 0.2) is 17.3 Å². The minimum atomic E-state index is -4.28. The predicted molar refractivity (Wildman–Crippen MR) is 121 cm³/mol. The van der Waals surface area contributed by atoms with Gasteiger partial charge in [-0.05, 0) is 49.9 Å². The molecule has 0 spiro atoms. The zero-order valence-corrected chi connectivity index (χ0v) is 19.9. The molecule has 2 atom stereocenters. The molecule has 1 aromatic carbocycles. The van der Waals surface area contributed by atoms with E-state index in [-0.39, 0.29) is 17.8 Å². The lowest BCUT2D eigenvalue weighted by atomic mass is 9.94. The van der Waals surface area contributed by atoms with Gasteiger partial charge in [-0.2, -0.15) is 13.2 Å². The molecule has 0 N–H and O–H groups in total. The SMILES string of the molecule is Cc1ncoc1-c1nnc(SCCCN2CC3CC3(c3ccc(C(F)(F)F)cc3)C2)n1C.Cl. The van der Waals surface area contributed by atoms with Crippen molar-refractivity contribution in [2.24, 2.45) is 13.0 Å². The van der Waals surface area contributed by atoms with Gasteiger partial charge in [-0.1, -0.05) is 23.9 Å². The van der Waals surface area contributed by atoms with Gasteiger partial charge in [-0.25, -0.2) is 4.98 Å². The third-order valence-electron chi connectivity index (χ3n) is 6.64. The van der Waals surface area contributed by atoms with Crippen molar-refractivity contribution in [3.63, 3.8) is 0 Å². The Morgan fingerprint density at radius 1 is 1.21 bits per heavy atom. The van der Waals surface area contributed by atoms with Crippen LogP contribution in [0.5, 0.6) is 0 Å². The van der Waals surface area contributed by atoms with Crippen LogP contribution in [0.25, 0.3) is 11.6 Å². The first kappa shape index (κ1) is 24.1. The summed E-state index contributed by atoms with van der Waals surface area (Å²) in [7, 11) is 1.92. The smallest absolute Gasteiger partial charge is 0.416 e. The first-order chi connectivity index (χ1) is 15.3. The Hall–Kier alpha value is -2.04. The number of aromatic nitrogens is 4. The highest BCUT2D eigenvalue weighted by Gasteiger charge is 2.60. The fourth-order valence-corrected chi connectivity index (χ4v) is 5.64. The van der Waals surface area contributed by atoms with E-state index in [4.69, 9.17) is 4.42 Å². The highest BCUT2D eigenvalue weighted by atomic mass is 35.5. The Morgan fingerprint density at radius 3 is 2.64 bits per heavy atom. The maximum atomic E-state index is 12.8. The standard InChI is InChI=1S/C22H24F3N5OS.ClH/c1-14-18(31-13-26-14)19-27-28-20(29(19)2)32-9-3-8-30-11-17-10-21(17,12-30)15-4-6-16(7-5-15)22(23,24)25;/h4-7,13,17H,3,8-12H2,1-2H3;1H. The molecule has 6 nitrogen and oxygen atoms in total. The van der Waals surface area contributed by atoms with Crippen LogP contribution in [0, 0.1) is 12.8 Å². The van der Waals surface area contributed by atoms with Crippen LogP contribution >= 0.6 is 24.2 Å². The number of oxazole rings is 1. The Balaban J connectivity index is 0.00000259. The summed E-state index contributed by atoms with van der Waals surface area (Å²) in [6.07, 6.45) is -0.795. The molecule has 2 unspecified atom stereocenters. The Morgan fingerprint density at radius 2 is 1.97 bits per heavy atom. The Bertz CT molecular complexity index is 1120. The molecular formula is C22H25ClF3N5OS. The van der Waals surface area contributed by atoms with Crippen LogP contribution in [0.15, 0.2) is 40.2 Å². The number of benzene rings is 1. The quantitative estimate of drug-likeness (QED) is 0.338. The fraction of sp³-hybridized carbons (Fsp3) is 0.500. The van der Waals surface area contributed by atoms with Crippen molar-refractivity contribution in [3.8, 4) is 11.6 Å². The molecule has 1 aliphatic heterocycles. The molecule has 3 aromatic rings. The van der Waals surface area contributed by atoms with Crippen LogP contribution in [0.2, 0.25) is 0 Å². The number of fused-ring (bicyclic) bond motifs is 1. The van der Waals surface area contributed by atoms with Crippen molar-refractivity contribution >= 4 is 24.2 Å². The van der Waals surface area contributed by atoms with Crippen LogP contribution in [-0.2, 0) is 18.6 Å². The molecule has 11 heteroatoms. The van der Waals surface area contributed by atoms with Gasteiger partial charge in [0, 0.05) is 31.3 Å². The second kappa shape index (κ2) is 8.96. The number of likely N-dealkylation sites (tertiary alicyclic amines) is 1. The highest BCUT2D eigenvalue weighted by Crippen LogP contribution is 2.59. The minimum absolute atomic E-state index is 0. The molecule has 3 heterocycles. The molecule has 1 aliphatic carbocycles. The summed E-state index contributed by atoms with van der Waals surface area (Å²) in [4.78, 5) is 6.54. The molecule has 2 aliphatic rings. The van der Waals surface area contributed by atoms with Gasteiger partial charge in [-0.3, -0.25) is 0 Å². The second-order valence-corrected chi connectivity index (χ2v) is 9.76. The average Bonchev–Trinajstić information content (AvgIpc) is 3.05. The maximum Gasteiger partial charge on any atom is 0.416 e. The predicted octanol–water partition coefficient (Wildman–Crippen LogP) is 4.97. The summed E-state index contributed by atoms with van der Waals surface area (Å²) in [6.45, 7) is 4.79. The van der Waals surface area contributed by atoms with Crippen molar-refractivity contribution in [1.29, 1.82) is 0 Å². The molecule has 0 amide bonds. The number of thioether (sulfide) groups is 1. The van der Waals surface area contributed by atoms with Crippen molar-refractivity contribution in [1.82, 2.24) is 24.6 Å². The summed E-state index contributed by atoms with van der Waals surface area (Å²) in [5.74, 6) is 2.77. The van der Waals surface area contributed by atoms with Gasteiger partial charge < -0.3 is 13.9 Å². The lowest BCUT2D eigenvalue weighted by molar-refractivity contribution is -0.137. The molecule has 178 valence electrons. The molecule has 2 fully saturated rings. The number of piperidine rings is 1. The number of hydrogen-bond donors (Lipinski definition) is 0. The third kappa shape index (κ3) is 4.52. The molecule has 2 aromatic heterocycles. The Labute approximate surface area is 200 Å². The van der Waals surface area contributed by atoms with Gasteiger partial charge in [0.05, 0.1) is 11.3 Å². The van der Waals surface area contributed by atoms with E-state index in [0.717, 1.165) is 54.6 Å². The topological polar surface area (TPSA) is 60.0 Å². The van der Waals surface area contributed by atoms with Crippen LogP contribution in [0.3, 0.4) is 0 Å². The van der Waals surface area contributed by atoms with Crippen molar-refractivity contribution in [3.05, 3.63) is 47.5 Å². The number of aryl methyl sites for hydroxylation is 1. The molecule has 1 saturated heterocycles. The molecule has 0 radical (unpaired) electrons. The van der Waals surface area contributed by atoms with E-state index >= 15 is 0 Å². The van der Waals surface area contributed by atoms with E-state index in [1.165, 1.54) is 18.5 Å². The number of hydrogen-bond acceptors (Lipinski definition) is 6. The van der Waals surface area contributed by atoms with Gasteiger partial charge in [-0.15, -0.1) is 22.6 Å². The second-order valence-electron chi connectivity index (χ2n) is 8.70. The van der Waals surface area contributed by atoms with E-state index in [2.05, 4.69) is 20.1 Å². The van der Waals surface area contributed by atoms with Crippen LogP contribution in [0.4, 0.5) is 13.2 Å². The zero-order valence-electron chi connectivity index (χ0n) is 18.3. The third-order valence-corrected chi connectivity index (χ3v) is 7.74. The van der Waals surface area contributed by atoms with Gasteiger partial charge >= 0.3 is 6.18 Å². The summed E-state index contributed by atoms with van der Waals surface area (Å²) in [6, 6.07) is 5.77. The van der Waals surface area contributed by atoms with Crippen molar-refractivity contribution in [2.75, 3.05) is 25.4 Å². The number of rotatable bonds is 7. The Kier molecular flexibility index (Phi) is 6.54. The van der Waals surface area contributed by atoms with Crippen molar-refractivity contribution < 1.29 is 17.6 Å². The number of nitrogens with zero attached hydrogens (tertiary/aromatic N) is 5. The largest absolute Gasteiger partial charge is 0.440 e. The van der Waals surface area contributed by atoms with E-state index in [1.807, 2.05) is 18.5 Å². The molecule has 1 saturated carbocycles. The normalized spacial score (nSPS) is 22.3. The van der Waals surface area contributed by atoms with E-state index in [1.54, 1.807) is 23.9 Å². The van der Waals surface area contributed by atoms with Gasteiger partial charge in [0.25, 0.3) is 0 Å². The maximum absolute atomic E-state index is 12.8. The van der Waals surface area contributed by atoms with E-state index < -0.39 is 11.7 Å². The molecule has 33 heavy (non-hydrogen) atoms. The minimum Gasteiger partial charge on any atom is -0.440 e. The lowest BCUT2D eigenvalue weighted by Gasteiger charge is -2.21. The average molecular weight is 500 g/mol. The summed E-state index contributed by atoms with van der Waals surface area (Å²) >= 11 is 1.66. The molecule has 5 rings (SSSR count). The molecular weight excluding hydrogens is 475 g/mol. The summed E-state index contributed by atoms with van der Waals surface area (Å²) < 4.78 is 45.9. The van der Waals surface area contributed by atoms with Crippen LogP contribution in [-0.4, -0.2) is 50.0 Å². The van der Waals surface area contributed by atoms with E-state index in [0.29, 0.717) is 17.5 Å². The van der Waals surface area contributed by atoms with Gasteiger partial charge in [0.2, 0.25) is 5.82 Å². The summed E-state index contributed by atoms with van der Waals surface area (Å²) in [5, 5.41) is 9.34. The first-order valence-electron chi connectivity index (χ1n) is 10.6. The zero-order chi connectivity index (χ0) is 22.5. The first-order valence-corrected chi connectivity index (χ1v) is 11.6. The number of halogens is 4. The fourth-order valence-electron chi connectivity index (χ4n) is 4.80. The molecule has 0 bridgehead atoms. The van der Waals surface area contributed by atoms with Crippen molar-refractivity contribution in [2.45, 2.75) is 36.5 Å². The summed E-state index contributed by atoms with van der Waals surface area (Å²) in [5.41, 5.74) is 1.30. The van der Waals surface area contributed by atoms with Crippen LogP contribution < -0.4 is 0 Å². The number of alkyl halides is 3. The van der Waals surface area contributed by atoms with Gasteiger partial charge in [0.1, 0.15) is 0 Å². The lowest BCUT2D eigenvalue weighted by Crippen LogP contribution is -2.28.